The zero-order valence-electron chi connectivity index (χ0n) is 26.4. The van der Waals surface area contributed by atoms with Crippen LogP contribution >= 0.6 is 0 Å². The first-order chi connectivity index (χ1) is 23.0. The summed E-state index contributed by atoms with van der Waals surface area (Å²) in [4.78, 5) is 41.3. The fourth-order valence-corrected chi connectivity index (χ4v) is 6.92. The summed E-state index contributed by atoms with van der Waals surface area (Å²) in [5.74, 6) is -1.37. The van der Waals surface area contributed by atoms with E-state index in [4.69, 9.17) is 0 Å². The normalized spacial score (nSPS) is 17.1. The van der Waals surface area contributed by atoms with Gasteiger partial charge in [-0.05, 0) is 75.9 Å². The van der Waals surface area contributed by atoms with Gasteiger partial charge in [0.2, 0.25) is 11.8 Å². The van der Waals surface area contributed by atoms with Gasteiger partial charge in [0.05, 0.1) is 18.0 Å². The van der Waals surface area contributed by atoms with Gasteiger partial charge in [-0.25, -0.2) is 0 Å². The van der Waals surface area contributed by atoms with Crippen molar-refractivity contribution in [1.82, 2.24) is 10.2 Å². The number of nitrogens with zero attached hydrogens (tertiary/aromatic N) is 1. The number of hydrogen-bond donors (Lipinski definition) is 2. The highest BCUT2D eigenvalue weighted by Gasteiger charge is 2.37. The number of rotatable bonds is 9. The summed E-state index contributed by atoms with van der Waals surface area (Å²) < 4.78 is 39.4. The summed E-state index contributed by atoms with van der Waals surface area (Å²) in [6.45, 7) is 0.169. The van der Waals surface area contributed by atoms with Gasteiger partial charge in [-0.2, -0.15) is 13.2 Å². The molecule has 1 saturated carbocycles. The van der Waals surface area contributed by atoms with E-state index in [1.54, 1.807) is 4.90 Å². The molecule has 2 amide bonds. The molecule has 0 spiro atoms. The highest BCUT2D eigenvalue weighted by Crippen LogP contribution is 2.35. The van der Waals surface area contributed by atoms with E-state index in [2.05, 4.69) is 5.32 Å². The Balaban J connectivity index is 1.26. The Morgan fingerprint density at radius 2 is 1.40 bits per heavy atom. The number of carbonyl (C=O) groups excluding carboxylic acids is 2. The van der Waals surface area contributed by atoms with Crippen LogP contribution in [0.5, 0.6) is 0 Å². The molecule has 2 aliphatic rings. The first-order valence-electron chi connectivity index (χ1n) is 16.3. The van der Waals surface area contributed by atoms with Gasteiger partial charge < -0.3 is 15.3 Å². The lowest BCUT2D eigenvalue weighted by molar-refractivity contribution is -0.143. The van der Waals surface area contributed by atoms with Crippen LogP contribution in [0.4, 0.5) is 13.2 Å². The van der Waals surface area contributed by atoms with Gasteiger partial charge in [0.25, 0.3) is 0 Å². The summed E-state index contributed by atoms with van der Waals surface area (Å²) in [7, 11) is 0. The van der Waals surface area contributed by atoms with Crippen LogP contribution in [0.25, 0.3) is 22.3 Å². The first kappa shape index (κ1) is 33.0. The molecule has 6 nitrogen and oxygen atoms in total. The first-order valence-corrected chi connectivity index (χ1v) is 16.3. The van der Waals surface area contributed by atoms with Gasteiger partial charge in [-0.1, -0.05) is 91.7 Å². The predicted octanol–water partition coefficient (Wildman–Crippen LogP) is 8.21. The lowest BCUT2D eigenvalue weighted by Gasteiger charge is -2.37. The molecule has 48 heavy (non-hydrogen) atoms. The summed E-state index contributed by atoms with van der Waals surface area (Å²) in [5, 5.41) is 12.7. The number of amides is 2. The second-order valence-corrected chi connectivity index (χ2v) is 12.8. The maximum absolute atomic E-state index is 14.0. The van der Waals surface area contributed by atoms with Gasteiger partial charge >= 0.3 is 12.1 Å². The van der Waals surface area contributed by atoms with Crippen molar-refractivity contribution in [3.63, 3.8) is 0 Å². The molecule has 1 aliphatic heterocycles. The predicted molar refractivity (Wildman–Crippen MR) is 177 cm³/mol. The van der Waals surface area contributed by atoms with Crippen molar-refractivity contribution in [2.75, 3.05) is 0 Å². The number of aliphatic carboxylic acids is 1. The molecule has 9 heteroatoms. The fraction of sp³-hybridized carbons (Fsp3) is 0.308. The van der Waals surface area contributed by atoms with E-state index in [0.29, 0.717) is 23.1 Å². The van der Waals surface area contributed by atoms with Crippen LogP contribution in [0, 0.1) is 5.92 Å². The van der Waals surface area contributed by atoms with Crippen molar-refractivity contribution >= 4 is 17.8 Å². The average Bonchev–Trinajstić information content (AvgIpc) is 3.60. The molecule has 0 aromatic heterocycles. The molecule has 4 aromatic carbocycles. The van der Waals surface area contributed by atoms with Crippen LogP contribution in [0.2, 0.25) is 0 Å². The molecule has 1 aliphatic carbocycles. The Labute approximate surface area is 277 Å². The van der Waals surface area contributed by atoms with Gasteiger partial charge in [-0.3, -0.25) is 14.4 Å². The summed E-state index contributed by atoms with van der Waals surface area (Å²) >= 11 is 0. The van der Waals surface area contributed by atoms with E-state index < -0.39 is 35.7 Å². The molecule has 2 N–H and O–H groups in total. The second kappa shape index (κ2) is 14.1. The maximum Gasteiger partial charge on any atom is 0.416 e. The molecule has 1 fully saturated rings. The highest BCUT2D eigenvalue weighted by molar-refractivity contribution is 5.89. The largest absolute Gasteiger partial charge is 0.481 e. The summed E-state index contributed by atoms with van der Waals surface area (Å²) in [5.41, 5.74) is 4.91. The Morgan fingerprint density at radius 1 is 0.792 bits per heavy atom. The SMILES string of the molecule is O=C(O)CC(NC(=O)C1Cc2ccc(-c3ccc(C(F)(F)F)cc3)cc2CN1C(=O)CC1CCCC1)c1ccc(-c2ccccc2)cc1. The Kier molecular flexibility index (Phi) is 9.66. The second-order valence-electron chi connectivity index (χ2n) is 12.8. The number of carboxylic acid groups (broad SMARTS) is 1. The molecule has 1 heterocycles. The van der Waals surface area contributed by atoms with E-state index in [1.165, 1.54) is 12.1 Å². The zero-order valence-corrected chi connectivity index (χ0v) is 26.4. The molecule has 4 aromatic rings. The molecule has 2 atom stereocenters. The van der Waals surface area contributed by atoms with E-state index in [1.807, 2.05) is 72.8 Å². The van der Waals surface area contributed by atoms with Crippen LogP contribution in [0.15, 0.2) is 97.1 Å². The van der Waals surface area contributed by atoms with E-state index in [9.17, 15) is 32.7 Å². The standard InChI is InChI=1S/C39H37F3N2O4/c40-39(41,42)33-18-16-28(17-19-33)30-14-15-31-22-35(44(24-32(31)21-30)36(45)20-25-6-4-5-7-25)38(48)43-34(23-37(46)47)29-12-10-27(11-13-29)26-8-2-1-3-9-26/h1-3,8-19,21,25,34-35H,4-7,20,22-24H2,(H,43,48)(H,46,47). The van der Waals surface area contributed by atoms with Crippen molar-refractivity contribution in [1.29, 1.82) is 0 Å². The highest BCUT2D eigenvalue weighted by atomic mass is 19.4. The molecule has 0 bridgehead atoms. The molecular weight excluding hydrogens is 617 g/mol. The summed E-state index contributed by atoms with van der Waals surface area (Å²) in [6.07, 6.45) is -0.127. The molecule has 0 radical (unpaired) electrons. The van der Waals surface area contributed by atoms with Crippen LogP contribution in [-0.2, 0) is 33.5 Å². The molecule has 0 saturated heterocycles. The van der Waals surface area contributed by atoms with Gasteiger partial charge in [0, 0.05) is 19.4 Å². The van der Waals surface area contributed by atoms with E-state index in [-0.39, 0.29) is 31.2 Å². The zero-order chi connectivity index (χ0) is 33.8. The van der Waals surface area contributed by atoms with Crippen molar-refractivity contribution < 1.29 is 32.7 Å². The molecule has 248 valence electrons. The lowest BCUT2D eigenvalue weighted by Crippen LogP contribution is -2.53. The lowest BCUT2D eigenvalue weighted by atomic mass is 9.89. The number of carbonyl (C=O) groups is 3. The number of hydrogen-bond acceptors (Lipinski definition) is 3. The van der Waals surface area contributed by atoms with Crippen molar-refractivity contribution in [2.45, 2.75) is 69.8 Å². The monoisotopic (exact) mass is 654 g/mol. The third kappa shape index (κ3) is 7.62. The van der Waals surface area contributed by atoms with E-state index >= 15 is 0 Å². The number of benzene rings is 4. The van der Waals surface area contributed by atoms with Crippen LogP contribution in [-0.4, -0.2) is 33.8 Å². The maximum atomic E-state index is 14.0. The Morgan fingerprint density at radius 3 is 2.04 bits per heavy atom. The minimum absolute atomic E-state index is 0.130. The van der Waals surface area contributed by atoms with Gasteiger partial charge in [0.1, 0.15) is 6.04 Å². The van der Waals surface area contributed by atoms with Crippen molar-refractivity contribution in [2.24, 2.45) is 5.92 Å². The van der Waals surface area contributed by atoms with E-state index in [0.717, 1.165) is 60.1 Å². The number of carboxylic acids is 1. The number of nitrogens with one attached hydrogen (secondary N) is 1. The molecular formula is C39H37F3N2O4. The summed E-state index contributed by atoms with van der Waals surface area (Å²) in [6, 6.07) is 26.1. The average molecular weight is 655 g/mol. The number of fused-ring (bicyclic) bond motifs is 1. The fourth-order valence-electron chi connectivity index (χ4n) is 6.92. The van der Waals surface area contributed by atoms with Gasteiger partial charge in [-0.15, -0.1) is 0 Å². The minimum Gasteiger partial charge on any atom is -0.481 e. The van der Waals surface area contributed by atoms with Crippen molar-refractivity contribution in [3.05, 3.63) is 119 Å². The quantitative estimate of drug-likeness (QED) is 0.191. The molecule has 2 unspecified atom stereocenters. The molecule has 6 rings (SSSR count). The van der Waals surface area contributed by atoms with Crippen LogP contribution < -0.4 is 5.32 Å². The number of halogens is 3. The third-order valence-corrected chi connectivity index (χ3v) is 9.56. The van der Waals surface area contributed by atoms with Gasteiger partial charge in [0.15, 0.2) is 0 Å². The van der Waals surface area contributed by atoms with Crippen LogP contribution in [0.1, 0.15) is 66.8 Å². The van der Waals surface area contributed by atoms with Crippen LogP contribution in [0.3, 0.4) is 0 Å². The third-order valence-electron chi connectivity index (χ3n) is 9.56. The minimum atomic E-state index is -4.43. The van der Waals surface area contributed by atoms with Crippen molar-refractivity contribution in [3.8, 4) is 22.3 Å². The Hall–Kier alpha value is -4.92. The number of alkyl halides is 3. The topological polar surface area (TPSA) is 86.7 Å². The smallest absolute Gasteiger partial charge is 0.416 e. The Bertz CT molecular complexity index is 1770.